The Morgan fingerprint density at radius 1 is 1.58 bits per heavy atom. The number of ketones is 1. The molecule has 0 aromatic carbocycles. The van der Waals surface area contributed by atoms with E-state index in [2.05, 4.69) is 0 Å². The summed E-state index contributed by atoms with van der Waals surface area (Å²) in [6.45, 7) is 6.54. The summed E-state index contributed by atoms with van der Waals surface area (Å²) in [5.74, 6) is 0.237. The number of carbonyl (C=O) groups excluding carboxylic acids is 2. The van der Waals surface area contributed by atoms with E-state index in [1.54, 1.807) is 13.8 Å². The fourth-order valence-corrected chi connectivity index (χ4v) is 1.25. The Morgan fingerprint density at radius 3 is 2.58 bits per heavy atom. The van der Waals surface area contributed by atoms with Crippen LogP contribution in [0.5, 0.6) is 0 Å². The van der Waals surface area contributed by atoms with E-state index in [-0.39, 0.29) is 5.78 Å². The number of likely N-dealkylation sites (tertiary alicyclic amines) is 1. The molecular formula is C8H12NO3. The van der Waals surface area contributed by atoms with Crippen molar-refractivity contribution in [2.45, 2.75) is 19.4 Å². The van der Waals surface area contributed by atoms with Crippen LogP contribution in [0.3, 0.4) is 0 Å². The minimum absolute atomic E-state index is 0.237. The zero-order valence-corrected chi connectivity index (χ0v) is 7.29. The van der Waals surface area contributed by atoms with Crippen LogP contribution in [0.2, 0.25) is 0 Å². The molecule has 1 aliphatic rings. The number of hydrogen-bond acceptors (Lipinski definition) is 4. The molecule has 1 heterocycles. The van der Waals surface area contributed by atoms with Crippen molar-refractivity contribution >= 4 is 12.3 Å². The molecule has 1 aliphatic heterocycles. The molecule has 0 aliphatic carbocycles. The molecule has 0 aromatic rings. The second-order valence-corrected chi connectivity index (χ2v) is 3.63. The lowest BCUT2D eigenvalue weighted by atomic mass is 10.1. The van der Waals surface area contributed by atoms with E-state index < -0.39 is 5.60 Å². The van der Waals surface area contributed by atoms with E-state index >= 15 is 0 Å². The SMILES string of the molecule is CC(C)(CN1CC(=O)C1)O[C]=O. The van der Waals surface area contributed by atoms with Crippen LogP contribution < -0.4 is 0 Å². The second-order valence-electron chi connectivity index (χ2n) is 3.63. The summed E-state index contributed by atoms with van der Waals surface area (Å²) >= 11 is 0. The highest BCUT2D eigenvalue weighted by atomic mass is 16.5. The largest absolute Gasteiger partial charge is 0.450 e. The molecule has 4 nitrogen and oxygen atoms in total. The Kier molecular flexibility index (Phi) is 2.47. The van der Waals surface area contributed by atoms with Gasteiger partial charge in [-0.2, -0.15) is 0 Å². The predicted molar refractivity (Wildman–Crippen MR) is 42.3 cm³/mol. The van der Waals surface area contributed by atoms with Gasteiger partial charge in [-0.1, -0.05) is 0 Å². The van der Waals surface area contributed by atoms with Crippen molar-refractivity contribution in [3.8, 4) is 0 Å². The third-order valence-electron chi connectivity index (χ3n) is 1.72. The highest BCUT2D eigenvalue weighted by Crippen LogP contribution is 2.13. The number of ether oxygens (including phenoxy) is 1. The number of Topliss-reactive ketones (excluding diaryl/α,β-unsaturated/α-hetero) is 1. The zero-order chi connectivity index (χ0) is 9.19. The molecule has 4 heteroatoms. The van der Waals surface area contributed by atoms with Crippen molar-refractivity contribution in [1.82, 2.24) is 4.90 Å². The predicted octanol–water partition coefficient (Wildman–Crippen LogP) is -0.266. The molecule has 0 aromatic heterocycles. The molecule has 1 fully saturated rings. The monoisotopic (exact) mass is 170 g/mol. The lowest BCUT2D eigenvalue weighted by molar-refractivity contribution is -0.130. The summed E-state index contributed by atoms with van der Waals surface area (Å²) in [7, 11) is 0. The molecule has 0 atom stereocenters. The Morgan fingerprint density at radius 2 is 2.17 bits per heavy atom. The maximum Gasteiger partial charge on any atom is 0.418 e. The molecule has 12 heavy (non-hydrogen) atoms. The van der Waals surface area contributed by atoms with Crippen molar-refractivity contribution in [1.29, 1.82) is 0 Å². The molecule has 0 saturated carbocycles. The minimum atomic E-state index is -0.539. The van der Waals surface area contributed by atoms with Gasteiger partial charge in [0.1, 0.15) is 5.60 Å². The number of carbonyl (C=O) groups is 1. The van der Waals surface area contributed by atoms with Gasteiger partial charge in [0.15, 0.2) is 5.78 Å². The molecule has 67 valence electrons. The lowest BCUT2D eigenvalue weighted by Gasteiger charge is -2.35. The van der Waals surface area contributed by atoms with E-state index in [1.165, 1.54) is 6.47 Å². The smallest absolute Gasteiger partial charge is 0.418 e. The van der Waals surface area contributed by atoms with Crippen LogP contribution in [0, 0.1) is 0 Å². The standard InChI is InChI=1S/C8H12NO3/c1-8(2,12-6-10)5-9-3-7(11)4-9/h3-5H2,1-2H3. The minimum Gasteiger partial charge on any atom is -0.450 e. The number of hydrogen-bond donors (Lipinski definition) is 0. The molecule has 1 rings (SSSR count). The fraction of sp³-hybridized carbons (Fsp3) is 0.750. The summed E-state index contributed by atoms with van der Waals surface area (Å²) < 4.78 is 4.71. The highest BCUT2D eigenvalue weighted by molar-refractivity contribution is 5.87. The average molecular weight is 170 g/mol. The van der Waals surface area contributed by atoms with Gasteiger partial charge in [0.2, 0.25) is 0 Å². The highest BCUT2D eigenvalue weighted by Gasteiger charge is 2.30. The van der Waals surface area contributed by atoms with Crippen molar-refractivity contribution in [2.24, 2.45) is 0 Å². The average Bonchev–Trinajstić information content (AvgIpc) is 1.83. The fourth-order valence-electron chi connectivity index (χ4n) is 1.25. The first-order valence-corrected chi connectivity index (χ1v) is 3.83. The molecule has 0 unspecified atom stereocenters. The van der Waals surface area contributed by atoms with Crippen molar-refractivity contribution in [2.75, 3.05) is 19.6 Å². The first kappa shape index (κ1) is 9.19. The lowest BCUT2D eigenvalue weighted by Crippen LogP contribution is -2.53. The van der Waals surface area contributed by atoms with E-state index in [0.717, 1.165) is 0 Å². The molecular weight excluding hydrogens is 158 g/mol. The summed E-state index contributed by atoms with van der Waals surface area (Å²) in [4.78, 5) is 22.5. The summed E-state index contributed by atoms with van der Waals surface area (Å²) in [6, 6.07) is 0. The third kappa shape index (κ3) is 2.30. The summed E-state index contributed by atoms with van der Waals surface area (Å²) in [5, 5.41) is 0. The second kappa shape index (κ2) is 3.23. The van der Waals surface area contributed by atoms with E-state index in [9.17, 15) is 9.59 Å². The first-order valence-electron chi connectivity index (χ1n) is 3.83. The van der Waals surface area contributed by atoms with Gasteiger partial charge in [0, 0.05) is 6.54 Å². The van der Waals surface area contributed by atoms with Gasteiger partial charge in [-0.25, -0.2) is 4.79 Å². The van der Waals surface area contributed by atoms with E-state index in [1.807, 2.05) is 4.90 Å². The summed E-state index contributed by atoms with van der Waals surface area (Å²) in [6.07, 6.45) is 0. The van der Waals surface area contributed by atoms with Crippen LogP contribution in [0.1, 0.15) is 13.8 Å². The van der Waals surface area contributed by atoms with Crippen LogP contribution >= 0.6 is 0 Å². The molecule has 0 bridgehead atoms. The van der Waals surface area contributed by atoms with Crippen LogP contribution in [-0.4, -0.2) is 42.4 Å². The van der Waals surface area contributed by atoms with Crippen molar-refractivity contribution < 1.29 is 14.3 Å². The Hall–Kier alpha value is -0.900. The van der Waals surface area contributed by atoms with Gasteiger partial charge >= 0.3 is 6.47 Å². The molecule has 1 radical (unpaired) electrons. The van der Waals surface area contributed by atoms with Gasteiger partial charge in [-0.05, 0) is 13.8 Å². The van der Waals surface area contributed by atoms with Crippen molar-refractivity contribution in [3.63, 3.8) is 0 Å². The topological polar surface area (TPSA) is 46.6 Å². The van der Waals surface area contributed by atoms with Gasteiger partial charge in [0.05, 0.1) is 13.1 Å². The molecule has 0 spiro atoms. The Balaban J connectivity index is 2.29. The van der Waals surface area contributed by atoms with Crippen molar-refractivity contribution in [3.05, 3.63) is 0 Å². The van der Waals surface area contributed by atoms with Gasteiger partial charge in [-0.3, -0.25) is 9.69 Å². The van der Waals surface area contributed by atoms with Crippen LogP contribution in [0.4, 0.5) is 0 Å². The summed E-state index contributed by atoms with van der Waals surface area (Å²) in [5.41, 5.74) is -0.539. The normalized spacial score (nSPS) is 18.7. The maximum atomic E-state index is 10.6. The molecule has 1 saturated heterocycles. The zero-order valence-electron chi connectivity index (χ0n) is 7.29. The number of nitrogens with zero attached hydrogens (tertiary/aromatic N) is 1. The van der Waals surface area contributed by atoms with Gasteiger partial charge < -0.3 is 4.74 Å². The van der Waals surface area contributed by atoms with Gasteiger partial charge in [0.25, 0.3) is 0 Å². The maximum absolute atomic E-state index is 10.6. The van der Waals surface area contributed by atoms with Crippen LogP contribution in [0.15, 0.2) is 0 Å². The quantitative estimate of drug-likeness (QED) is 0.583. The van der Waals surface area contributed by atoms with Crippen LogP contribution in [-0.2, 0) is 14.3 Å². The van der Waals surface area contributed by atoms with E-state index in [0.29, 0.717) is 19.6 Å². The Labute approximate surface area is 71.5 Å². The number of rotatable bonds is 4. The van der Waals surface area contributed by atoms with E-state index in [4.69, 9.17) is 4.74 Å². The Bertz CT molecular complexity index is 192. The molecule has 0 amide bonds. The molecule has 0 N–H and O–H groups in total. The first-order chi connectivity index (χ1) is 5.53. The van der Waals surface area contributed by atoms with Crippen LogP contribution in [0.25, 0.3) is 0 Å². The third-order valence-corrected chi connectivity index (χ3v) is 1.72. The van der Waals surface area contributed by atoms with Gasteiger partial charge in [-0.15, -0.1) is 0 Å².